The minimum Gasteiger partial charge on any atom is -0.370 e. The zero-order valence-corrected chi connectivity index (χ0v) is 14.8. The predicted molar refractivity (Wildman–Crippen MR) is 104 cm³/mol. The molecule has 2 nitrogen and oxygen atoms in total. The first-order valence-electron chi connectivity index (χ1n) is 8.58. The second kappa shape index (κ2) is 7.35. The number of hydrogen-bond acceptors (Lipinski definition) is 1. The first kappa shape index (κ1) is 17.0. The molecule has 0 aromatic heterocycles. The minimum atomic E-state index is -0.267. The van der Waals surface area contributed by atoms with Crippen LogP contribution in [0.3, 0.4) is 0 Å². The Kier molecular flexibility index (Phi) is 4.99. The van der Waals surface area contributed by atoms with Crippen LogP contribution in [0.25, 0.3) is 22.3 Å². The zero-order valence-electron chi connectivity index (χ0n) is 14.8. The van der Waals surface area contributed by atoms with Crippen molar-refractivity contribution < 1.29 is 4.79 Å². The molecule has 2 heteroatoms. The molecular formula is C23H23NO. The van der Waals surface area contributed by atoms with Gasteiger partial charge in [-0.2, -0.15) is 0 Å². The molecule has 0 saturated carbocycles. The van der Waals surface area contributed by atoms with Crippen molar-refractivity contribution in [1.82, 2.24) is 0 Å². The zero-order chi connectivity index (χ0) is 17.8. The summed E-state index contributed by atoms with van der Waals surface area (Å²) in [5.41, 5.74) is 13.7. The number of carbonyl (C=O) groups excluding carboxylic acids is 1. The molecule has 0 fully saturated rings. The Morgan fingerprint density at radius 2 is 1.48 bits per heavy atom. The van der Waals surface area contributed by atoms with Crippen LogP contribution in [-0.4, -0.2) is 5.91 Å². The standard InChI is InChI=1S/C23H23NO/c1-16-12-17(2)14-21(13-16)22-10-8-19(18-6-4-3-5-7-18)15-20(22)9-11-23(24)25/h3-8,10,12-15H,9,11H2,1-2H3,(H2,24,25). The van der Waals surface area contributed by atoms with E-state index >= 15 is 0 Å². The average Bonchev–Trinajstić information content (AvgIpc) is 2.59. The molecule has 0 bridgehead atoms. The fourth-order valence-electron chi connectivity index (χ4n) is 3.28. The van der Waals surface area contributed by atoms with Crippen LogP contribution in [0, 0.1) is 13.8 Å². The van der Waals surface area contributed by atoms with Gasteiger partial charge in [0, 0.05) is 6.42 Å². The fourth-order valence-corrected chi connectivity index (χ4v) is 3.28. The minimum absolute atomic E-state index is 0.267. The van der Waals surface area contributed by atoms with Crippen molar-refractivity contribution >= 4 is 5.91 Å². The van der Waals surface area contributed by atoms with E-state index in [0.717, 1.165) is 11.1 Å². The van der Waals surface area contributed by atoms with Gasteiger partial charge in [-0.15, -0.1) is 0 Å². The van der Waals surface area contributed by atoms with Crippen molar-refractivity contribution in [2.75, 3.05) is 0 Å². The number of benzene rings is 3. The molecule has 25 heavy (non-hydrogen) atoms. The number of primary amides is 1. The van der Waals surface area contributed by atoms with Crippen molar-refractivity contribution in [2.45, 2.75) is 26.7 Å². The van der Waals surface area contributed by atoms with E-state index in [1.54, 1.807) is 0 Å². The van der Waals surface area contributed by atoms with E-state index in [1.807, 2.05) is 18.2 Å². The van der Waals surface area contributed by atoms with Crippen molar-refractivity contribution in [3.05, 3.63) is 83.4 Å². The van der Waals surface area contributed by atoms with Gasteiger partial charge in [-0.1, -0.05) is 77.9 Å². The van der Waals surface area contributed by atoms with E-state index in [1.165, 1.54) is 27.8 Å². The lowest BCUT2D eigenvalue weighted by Crippen LogP contribution is -2.11. The van der Waals surface area contributed by atoms with Gasteiger partial charge in [-0.05, 0) is 48.1 Å². The second-order valence-corrected chi connectivity index (χ2v) is 6.58. The Hall–Kier alpha value is -2.87. The Morgan fingerprint density at radius 1 is 0.800 bits per heavy atom. The Balaban J connectivity index is 2.09. The summed E-state index contributed by atoms with van der Waals surface area (Å²) < 4.78 is 0. The molecule has 3 aromatic carbocycles. The Labute approximate surface area is 149 Å². The second-order valence-electron chi connectivity index (χ2n) is 6.58. The molecule has 126 valence electrons. The Morgan fingerprint density at radius 3 is 2.12 bits per heavy atom. The highest BCUT2D eigenvalue weighted by Gasteiger charge is 2.10. The summed E-state index contributed by atoms with van der Waals surface area (Å²) in [7, 11) is 0. The van der Waals surface area contributed by atoms with Crippen molar-refractivity contribution in [3.63, 3.8) is 0 Å². The summed E-state index contributed by atoms with van der Waals surface area (Å²) in [5.74, 6) is -0.267. The lowest BCUT2D eigenvalue weighted by molar-refractivity contribution is -0.117. The molecule has 0 aliphatic heterocycles. The number of nitrogens with two attached hydrogens (primary N) is 1. The van der Waals surface area contributed by atoms with Gasteiger partial charge in [-0.25, -0.2) is 0 Å². The first-order valence-corrected chi connectivity index (χ1v) is 8.58. The Bertz CT molecular complexity index is 877. The van der Waals surface area contributed by atoms with Gasteiger partial charge >= 0.3 is 0 Å². The maximum absolute atomic E-state index is 11.3. The number of aryl methyl sites for hydroxylation is 3. The first-order chi connectivity index (χ1) is 12.0. The number of carbonyl (C=O) groups is 1. The highest BCUT2D eigenvalue weighted by Crippen LogP contribution is 2.31. The van der Waals surface area contributed by atoms with Crippen LogP contribution >= 0.6 is 0 Å². The van der Waals surface area contributed by atoms with Gasteiger partial charge in [0.1, 0.15) is 0 Å². The molecule has 0 aliphatic rings. The van der Waals surface area contributed by atoms with E-state index in [4.69, 9.17) is 5.73 Å². The van der Waals surface area contributed by atoms with E-state index in [0.29, 0.717) is 12.8 Å². The van der Waals surface area contributed by atoms with Crippen molar-refractivity contribution in [1.29, 1.82) is 0 Å². The van der Waals surface area contributed by atoms with Crippen LogP contribution in [-0.2, 0) is 11.2 Å². The molecule has 3 aromatic rings. The van der Waals surface area contributed by atoms with Gasteiger partial charge in [0.25, 0.3) is 0 Å². The molecule has 0 radical (unpaired) electrons. The van der Waals surface area contributed by atoms with Crippen molar-refractivity contribution in [2.24, 2.45) is 5.73 Å². The smallest absolute Gasteiger partial charge is 0.217 e. The van der Waals surface area contributed by atoms with Gasteiger partial charge in [0.05, 0.1) is 0 Å². The van der Waals surface area contributed by atoms with Crippen LogP contribution in [0.4, 0.5) is 0 Å². The number of hydrogen-bond donors (Lipinski definition) is 1. The molecule has 1 amide bonds. The van der Waals surface area contributed by atoms with Crippen molar-refractivity contribution in [3.8, 4) is 22.3 Å². The SMILES string of the molecule is Cc1cc(C)cc(-c2ccc(-c3ccccc3)cc2CCC(N)=O)c1. The molecule has 0 saturated heterocycles. The maximum atomic E-state index is 11.3. The largest absolute Gasteiger partial charge is 0.370 e. The lowest BCUT2D eigenvalue weighted by atomic mass is 9.91. The maximum Gasteiger partial charge on any atom is 0.217 e. The topological polar surface area (TPSA) is 43.1 Å². The quantitative estimate of drug-likeness (QED) is 0.699. The van der Waals surface area contributed by atoms with Crippen LogP contribution in [0.15, 0.2) is 66.7 Å². The number of amides is 1. The van der Waals surface area contributed by atoms with E-state index in [9.17, 15) is 4.79 Å². The molecule has 0 heterocycles. The summed E-state index contributed by atoms with van der Waals surface area (Å²) in [5, 5.41) is 0. The van der Waals surface area contributed by atoms with Crippen LogP contribution in [0.1, 0.15) is 23.1 Å². The highest BCUT2D eigenvalue weighted by molar-refractivity contribution is 5.77. The predicted octanol–water partition coefficient (Wildman–Crippen LogP) is 5.06. The molecule has 0 spiro atoms. The summed E-state index contributed by atoms with van der Waals surface area (Å²) in [6, 6.07) is 23.3. The third kappa shape index (κ3) is 4.16. The molecule has 0 atom stereocenters. The molecule has 3 rings (SSSR count). The van der Waals surface area contributed by atoms with Crippen LogP contribution in [0.2, 0.25) is 0 Å². The monoisotopic (exact) mass is 329 g/mol. The molecule has 0 unspecified atom stereocenters. The fraction of sp³-hybridized carbons (Fsp3) is 0.174. The summed E-state index contributed by atoms with van der Waals surface area (Å²) >= 11 is 0. The lowest BCUT2D eigenvalue weighted by Gasteiger charge is -2.13. The van der Waals surface area contributed by atoms with Gasteiger partial charge in [-0.3, -0.25) is 4.79 Å². The molecule has 0 aliphatic carbocycles. The average molecular weight is 329 g/mol. The third-order valence-corrected chi connectivity index (χ3v) is 4.39. The van der Waals surface area contributed by atoms with Gasteiger partial charge in [0.15, 0.2) is 0 Å². The van der Waals surface area contributed by atoms with E-state index in [2.05, 4.69) is 62.4 Å². The van der Waals surface area contributed by atoms with Crippen LogP contribution in [0.5, 0.6) is 0 Å². The molecule has 2 N–H and O–H groups in total. The summed E-state index contributed by atoms with van der Waals surface area (Å²) in [6.07, 6.45) is 1.01. The molecular weight excluding hydrogens is 306 g/mol. The van der Waals surface area contributed by atoms with E-state index < -0.39 is 0 Å². The number of rotatable bonds is 5. The van der Waals surface area contributed by atoms with Gasteiger partial charge in [0.2, 0.25) is 5.91 Å². The summed E-state index contributed by atoms with van der Waals surface area (Å²) in [6.45, 7) is 4.22. The highest BCUT2D eigenvalue weighted by atomic mass is 16.1. The van der Waals surface area contributed by atoms with Gasteiger partial charge < -0.3 is 5.73 Å². The normalized spacial score (nSPS) is 10.6. The van der Waals surface area contributed by atoms with E-state index in [-0.39, 0.29) is 5.91 Å². The summed E-state index contributed by atoms with van der Waals surface area (Å²) in [4.78, 5) is 11.3. The third-order valence-electron chi connectivity index (χ3n) is 4.39. The van der Waals surface area contributed by atoms with Crippen LogP contribution < -0.4 is 5.73 Å².